The lowest BCUT2D eigenvalue weighted by Gasteiger charge is -2.53. The van der Waals surface area contributed by atoms with Crippen LogP contribution >= 0.6 is 0 Å². The van der Waals surface area contributed by atoms with Gasteiger partial charge in [0.25, 0.3) is 0 Å². The average molecular weight is 766 g/mol. The number of carbonyl (C=O) groups is 1. The summed E-state index contributed by atoms with van der Waals surface area (Å²) in [5.41, 5.74) is 2.21. The molecule has 56 heavy (non-hydrogen) atoms. The lowest BCUT2D eigenvalue weighted by atomic mass is 9.64. The van der Waals surface area contributed by atoms with Crippen LogP contribution in [-0.2, 0) is 19.0 Å². The first-order chi connectivity index (χ1) is 27.4. The van der Waals surface area contributed by atoms with Gasteiger partial charge in [0.2, 0.25) is 5.76 Å². The third-order valence-corrected chi connectivity index (χ3v) is 17.2. The van der Waals surface area contributed by atoms with Gasteiger partial charge >= 0.3 is 5.97 Å². The summed E-state index contributed by atoms with van der Waals surface area (Å²) in [6.45, 7) is 0.151. The summed E-state index contributed by atoms with van der Waals surface area (Å²) in [6.07, 6.45) is 26.3. The van der Waals surface area contributed by atoms with Gasteiger partial charge in [0, 0.05) is 30.5 Å². The van der Waals surface area contributed by atoms with E-state index in [1.807, 2.05) is 0 Å². The van der Waals surface area contributed by atoms with Crippen LogP contribution < -0.4 is 0 Å². The van der Waals surface area contributed by atoms with Gasteiger partial charge in [0.15, 0.2) is 11.5 Å². The number of ether oxygens (including phenoxy) is 3. The number of hydrogen-bond acceptors (Lipinski definition) is 8. The van der Waals surface area contributed by atoms with Crippen LogP contribution in [0, 0.1) is 52.3 Å². The molecule has 4 aliphatic heterocycles. The second kappa shape index (κ2) is 14.7. The lowest BCUT2D eigenvalue weighted by Crippen LogP contribution is -2.62. The summed E-state index contributed by atoms with van der Waals surface area (Å²) in [7, 11) is 1.47. The first-order valence-electron chi connectivity index (χ1n) is 22.4. The van der Waals surface area contributed by atoms with Crippen LogP contribution in [0.4, 0.5) is 0 Å². The number of rotatable bonds is 7. The summed E-state index contributed by atoms with van der Waals surface area (Å²) in [5.74, 6) is 3.00. The van der Waals surface area contributed by atoms with E-state index in [-0.39, 0.29) is 53.0 Å². The van der Waals surface area contributed by atoms with Gasteiger partial charge in [0.05, 0.1) is 32.3 Å². The van der Waals surface area contributed by atoms with Crippen molar-refractivity contribution in [3.05, 3.63) is 82.7 Å². The Labute approximate surface area is 333 Å². The van der Waals surface area contributed by atoms with Crippen LogP contribution in [0.2, 0.25) is 0 Å². The highest BCUT2D eigenvalue weighted by atomic mass is 16.6. The molecule has 8 nitrogen and oxygen atoms in total. The largest absolute Gasteiger partial charge is 0.492 e. The predicted molar refractivity (Wildman–Crippen MR) is 212 cm³/mol. The number of fused-ring (bicyclic) bond motifs is 4. The predicted octanol–water partition coefficient (Wildman–Crippen LogP) is 7.92. The van der Waals surface area contributed by atoms with Gasteiger partial charge < -0.3 is 29.5 Å². The maximum Gasteiger partial charge on any atom is 0.345 e. The fourth-order valence-corrected chi connectivity index (χ4v) is 15.1. The van der Waals surface area contributed by atoms with Gasteiger partial charge in [-0.3, -0.25) is 4.90 Å². The van der Waals surface area contributed by atoms with Crippen molar-refractivity contribution in [2.45, 2.75) is 127 Å². The van der Waals surface area contributed by atoms with E-state index < -0.39 is 24.6 Å². The Kier molecular flexibility index (Phi) is 9.83. The van der Waals surface area contributed by atoms with E-state index in [1.165, 1.54) is 89.7 Å². The van der Waals surface area contributed by atoms with Gasteiger partial charge in [0.1, 0.15) is 11.3 Å². The Balaban J connectivity index is 1.08. The van der Waals surface area contributed by atoms with Crippen LogP contribution in [0.1, 0.15) is 114 Å². The zero-order valence-electron chi connectivity index (χ0n) is 33.3. The van der Waals surface area contributed by atoms with Gasteiger partial charge in [-0.2, -0.15) is 0 Å². The normalized spacial score (nSPS) is 41.1. The maximum atomic E-state index is 13.2. The fraction of sp³-hybridized carbons (Fsp3) is 0.688. The van der Waals surface area contributed by atoms with Crippen LogP contribution in [0.5, 0.6) is 0 Å². The third-order valence-electron chi connectivity index (χ3n) is 17.2. The van der Waals surface area contributed by atoms with Crippen molar-refractivity contribution < 1.29 is 34.3 Å². The Morgan fingerprint density at radius 2 is 1.77 bits per heavy atom. The van der Waals surface area contributed by atoms with Crippen LogP contribution in [0.15, 0.2) is 77.2 Å². The molecule has 4 saturated carbocycles. The summed E-state index contributed by atoms with van der Waals surface area (Å²) in [4.78, 5) is 15.6. The molecule has 2 saturated heterocycles. The second-order valence-electron chi connectivity index (χ2n) is 19.6. The molecule has 5 aliphatic carbocycles. The number of aliphatic hydroxyl groups excluding tert-OH is 3. The number of allylic oxidation sites excluding steroid dienone is 1. The number of aliphatic hydroxyl groups is 3. The Hall–Kier alpha value is -2.91. The zero-order valence-corrected chi connectivity index (χ0v) is 33.3. The zero-order chi connectivity index (χ0) is 38.2. The van der Waals surface area contributed by atoms with E-state index in [0.717, 1.165) is 43.9 Å². The van der Waals surface area contributed by atoms with E-state index in [0.29, 0.717) is 34.8 Å². The first kappa shape index (κ1) is 37.4. The lowest BCUT2D eigenvalue weighted by molar-refractivity contribution is -0.134. The quantitative estimate of drug-likeness (QED) is 0.190. The Morgan fingerprint density at radius 1 is 0.964 bits per heavy atom. The molecule has 11 atom stereocenters. The number of esters is 1. The van der Waals surface area contributed by atoms with Crippen molar-refractivity contribution in [3.8, 4) is 0 Å². The molecule has 9 aliphatic rings. The summed E-state index contributed by atoms with van der Waals surface area (Å²) in [6, 6.07) is 11.4. The molecule has 11 unspecified atom stereocenters. The van der Waals surface area contributed by atoms with Crippen LogP contribution in [-0.4, -0.2) is 71.2 Å². The molecule has 0 amide bonds. The molecular weight excluding hydrogens is 703 g/mol. The van der Waals surface area contributed by atoms with Crippen molar-refractivity contribution in [2.24, 2.45) is 52.3 Å². The molecule has 8 heteroatoms. The van der Waals surface area contributed by atoms with Crippen LogP contribution in [0.3, 0.4) is 0 Å². The maximum absolute atomic E-state index is 13.2. The molecule has 3 N–H and O–H groups in total. The highest BCUT2D eigenvalue weighted by molar-refractivity contribution is 5.94. The standard InChI is InChI=1S/C48H63NO7/c1-54-43-36(27-51)46(53)56-45(43)44-35(26-50)39-37-24-33-34(25-48(40(33)30-13-3-2-4-14-30)21-20-47(28-48)18-7-8-19-47)41(49(37)22-10-17-38(39)55-44)42(52)32-16-9-15-31(23-32)29-11-5-6-12-29/h2-4,9,13-14,16-17,29,31-35,37,39-42,50-52H,5-8,10-12,15,18-28H2,1H3. The number of carbonyl (C=O) groups excluding carboxylic acids is 1. The van der Waals surface area contributed by atoms with Crippen molar-refractivity contribution in [3.63, 3.8) is 0 Å². The van der Waals surface area contributed by atoms with E-state index in [4.69, 9.17) is 14.2 Å². The van der Waals surface area contributed by atoms with Gasteiger partial charge in [-0.15, -0.1) is 0 Å². The summed E-state index contributed by atoms with van der Waals surface area (Å²) in [5, 5.41) is 34.5. The van der Waals surface area contributed by atoms with E-state index in [9.17, 15) is 20.1 Å². The molecule has 0 aromatic heterocycles. The fourth-order valence-electron chi connectivity index (χ4n) is 15.1. The van der Waals surface area contributed by atoms with Crippen molar-refractivity contribution in [1.29, 1.82) is 0 Å². The number of benzene rings is 1. The molecule has 4 heterocycles. The summed E-state index contributed by atoms with van der Waals surface area (Å²) < 4.78 is 18.1. The number of piperidine rings is 1. The molecule has 1 aromatic carbocycles. The summed E-state index contributed by atoms with van der Waals surface area (Å²) >= 11 is 0. The SMILES string of the molecule is COC1=C(CO)C(=O)OC1=C1OC2=CCCN3C(CC4C(CC5(CCC6(CCCC6)C5)C4c4ccccc4)C3C(O)C3C=CCC(C4CCCC4)C3)C2C1CO. The molecule has 6 fully saturated rings. The third kappa shape index (κ3) is 5.92. The number of methoxy groups -OCH3 is 1. The van der Waals surface area contributed by atoms with E-state index >= 15 is 0 Å². The minimum Gasteiger partial charge on any atom is -0.492 e. The number of hydrogen-bond donors (Lipinski definition) is 3. The topological polar surface area (TPSA) is 109 Å². The molecule has 302 valence electrons. The van der Waals surface area contributed by atoms with Crippen molar-refractivity contribution in [2.75, 3.05) is 26.9 Å². The van der Waals surface area contributed by atoms with E-state index in [2.05, 4.69) is 53.5 Å². The van der Waals surface area contributed by atoms with Gasteiger partial charge in [-0.1, -0.05) is 81.0 Å². The van der Waals surface area contributed by atoms with Gasteiger partial charge in [-0.25, -0.2) is 4.79 Å². The van der Waals surface area contributed by atoms with Crippen LogP contribution in [0.25, 0.3) is 0 Å². The number of cyclic esters (lactones) is 1. The van der Waals surface area contributed by atoms with Crippen molar-refractivity contribution >= 4 is 5.97 Å². The average Bonchev–Trinajstić information content (AvgIpc) is 4.09. The first-order valence-corrected chi connectivity index (χ1v) is 22.4. The molecule has 0 radical (unpaired) electrons. The molecule has 10 rings (SSSR count). The van der Waals surface area contributed by atoms with Gasteiger partial charge in [-0.05, 0) is 116 Å². The molecule has 1 aromatic rings. The Bertz CT molecular complexity index is 1790. The highest BCUT2D eigenvalue weighted by Crippen LogP contribution is 2.72. The molecular formula is C48H63NO7. The Morgan fingerprint density at radius 3 is 2.52 bits per heavy atom. The molecule has 2 spiro atoms. The number of nitrogens with zero attached hydrogens (tertiary/aromatic N) is 1. The monoisotopic (exact) mass is 765 g/mol. The minimum absolute atomic E-state index is 0.00929. The smallest absolute Gasteiger partial charge is 0.345 e. The van der Waals surface area contributed by atoms with Crippen molar-refractivity contribution in [1.82, 2.24) is 4.90 Å². The van der Waals surface area contributed by atoms with E-state index in [1.54, 1.807) is 0 Å². The minimum atomic E-state index is -0.645. The molecule has 0 bridgehead atoms. The second-order valence-corrected chi connectivity index (χ2v) is 19.6. The highest BCUT2D eigenvalue weighted by Gasteiger charge is 2.66.